The first-order chi connectivity index (χ1) is 7.87. The fraction of sp³-hybridized carbons (Fsp3) is 0.500. The van der Waals surface area contributed by atoms with Gasteiger partial charge in [0.25, 0.3) is 0 Å². The summed E-state index contributed by atoms with van der Waals surface area (Å²) in [6, 6.07) is 5.60. The number of halogens is 1. The number of nitrogens with one attached hydrogen (secondary N) is 1. The summed E-state index contributed by atoms with van der Waals surface area (Å²) < 4.78 is 0. The SMILES string of the molecule is CC(C)(C)CCC1C(=O)Nc2ccc(Cl)cc21. The highest BCUT2D eigenvalue weighted by Gasteiger charge is 2.31. The lowest BCUT2D eigenvalue weighted by Gasteiger charge is -2.19. The van der Waals surface area contributed by atoms with Gasteiger partial charge < -0.3 is 5.32 Å². The molecule has 2 nitrogen and oxygen atoms in total. The first-order valence-electron chi connectivity index (χ1n) is 5.97. The van der Waals surface area contributed by atoms with Gasteiger partial charge in [0.15, 0.2) is 0 Å². The van der Waals surface area contributed by atoms with Crippen molar-refractivity contribution in [2.75, 3.05) is 5.32 Å². The van der Waals surface area contributed by atoms with Crippen molar-refractivity contribution in [2.24, 2.45) is 5.41 Å². The molecule has 1 amide bonds. The minimum Gasteiger partial charge on any atom is -0.325 e. The summed E-state index contributed by atoms with van der Waals surface area (Å²) >= 11 is 5.99. The Morgan fingerprint density at radius 3 is 2.71 bits per heavy atom. The van der Waals surface area contributed by atoms with E-state index in [9.17, 15) is 4.79 Å². The third kappa shape index (κ3) is 2.81. The van der Waals surface area contributed by atoms with E-state index in [4.69, 9.17) is 11.6 Å². The maximum absolute atomic E-state index is 11.9. The molecule has 0 aliphatic carbocycles. The molecule has 0 spiro atoms. The quantitative estimate of drug-likeness (QED) is 0.839. The zero-order chi connectivity index (χ0) is 12.6. The van der Waals surface area contributed by atoms with E-state index in [1.807, 2.05) is 18.2 Å². The lowest BCUT2D eigenvalue weighted by atomic mass is 9.85. The molecule has 17 heavy (non-hydrogen) atoms. The van der Waals surface area contributed by atoms with Gasteiger partial charge in [0.1, 0.15) is 0 Å². The Kier molecular flexibility index (Phi) is 3.17. The average molecular weight is 252 g/mol. The second kappa shape index (κ2) is 4.34. The minimum absolute atomic E-state index is 0.0390. The van der Waals surface area contributed by atoms with E-state index >= 15 is 0 Å². The van der Waals surface area contributed by atoms with Gasteiger partial charge in [-0.3, -0.25) is 4.79 Å². The minimum atomic E-state index is -0.0390. The molecule has 1 aliphatic rings. The smallest absolute Gasteiger partial charge is 0.232 e. The van der Waals surface area contributed by atoms with Crippen LogP contribution in [-0.4, -0.2) is 5.91 Å². The zero-order valence-electron chi connectivity index (χ0n) is 10.5. The number of rotatable bonds is 2. The van der Waals surface area contributed by atoms with E-state index in [-0.39, 0.29) is 17.2 Å². The Morgan fingerprint density at radius 1 is 1.35 bits per heavy atom. The number of anilines is 1. The Morgan fingerprint density at radius 2 is 2.06 bits per heavy atom. The predicted octanol–water partition coefficient (Wildman–Crippen LogP) is 4.20. The standard InChI is InChI=1S/C14H18ClNO/c1-14(2,3)7-6-10-11-8-9(15)4-5-12(11)16-13(10)17/h4-5,8,10H,6-7H2,1-3H3,(H,16,17). The number of carbonyl (C=O) groups is 1. The molecule has 2 rings (SSSR count). The average Bonchev–Trinajstić information content (AvgIpc) is 2.49. The number of benzene rings is 1. The van der Waals surface area contributed by atoms with Crippen molar-refractivity contribution in [3.63, 3.8) is 0 Å². The van der Waals surface area contributed by atoms with Crippen LogP contribution in [0.25, 0.3) is 0 Å². The third-order valence-electron chi connectivity index (χ3n) is 3.15. The van der Waals surface area contributed by atoms with Gasteiger partial charge in [-0.05, 0) is 42.0 Å². The van der Waals surface area contributed by atoms with Crippen LogP contribution in [0.2, 0.25) is 5.02 Å². The largest absolute Gasteiger partial charge is 0.325 e. The molecule has 1 aromatic rings. The number of hydrogen-bond acceptors (Lipinski definition) is 1. The van der Waals surface area contributed by atoms with Gasteiger partial charge in [-0.1, -0.05) is 32.4 Å². The number of carbonyl (C=O) groups excluding carboxylic acids is 1. The molecular weight excluding hydrogens is 234 g/mol. The van der Waals surface area contributed by atoms with Gasteiger partial charge in [0.2, 0.25) is 5.91 Å². The molecule has 1 aliphatic heterocycles. The predicted molar refractivity (Wildman–Crippen MR) is 71.5 cm³/mol. The summed E-state index contributed by atoms with van der Waals surface area (Å²) in [5.74, 6) is 0.0643. The molecular formula is C14H18ClNO. The van der Waals surface area contributed by atoms with E-state index in [1.54, 1.807) is 0 Å². The van der Waals surface area contributed by atoms with Crippen LogP contribution in [0.1, 0.15) is 45.1 Å². The van der Waals surface area contributed by atoms with Gasteiger partial charge in [0, 0.05) is 10.7 Å². The van der Waals surface area contributed by atoms with Gasteiger partial charge in [-0.15, -0.1) is 0 Å². The summed E-state index contributed by atoms with van der Waals surface area (Å²) in [6.45, 7) is 6.58. The van der Waals surface area contributed by atoms with Crippen LogP contribution in [0.3, 0.4) is 0 Å². The molecule has 1 aromatic carbocycles. The number of fused-ring (bicyclic) bond motifs is 1. The van der Waals surface area contributed by atoms with Crippen LogP contribution in [-0.2, 0) is 4.79 Å². The molecule has 92 valence electrons. The van der Waals surface area contributed by atoms with E-state index in [0.717, 1.165) is 24.1 Å². The van der Waals surface area contributed by atoms with Gasteiger partial charge in [-0.2, -0.15) is 0 Å². The lowest BCUT2D eigenvalue weighted by Crippen LogP contribution is -2.15. The molecule has 3 heteroatoms. The Balaban J connectivity index is 2.19. The molecule has 0 saturated carbocycles. The van der Waals surface area contributed by atoms with Crippen LogP contribution >= 0.6 is 11.6 Å². The third-order valence-corrected chi connectivity index (χ3v) is 3.38. The van der Waals surface area contributed by atoms with Crippen LogP contribution in [0, 0.1) is 5.41 Å². The zero-order valence-corrected chi connectivity index (χ0v) is 11.3. The first-order valence-corrected chi connectivity index (χ1v) is 6.35. The van der Waals surface area contributed by atoms with Gasteiger partial charge in [0.05, 0.1) is 5.92 Å². The summed E-state index contributed by atoms with van der Waals surface area (Å²) in [5.41, 5.74) is 2.21. The van der Waals surface area contributed by atoms with E-state index in [1.165, 1.54) is 0 Å². The summed E-state index contributed by atoms with van der Waals surface area (Å²) in [4.78, 5) is 11.9. The van der Waals surface area contributed by atoms with Crippen molar-refractivity contribution in [2.45, 2.75) is 39.5 Å². The Hall–Kier alpha value is -1.02. The molecule has 0 bridgehead atoms. The highest BCUT2D eigenvalue weighted by molar-refractivity contribution is 6.31. The van der Waals surface area contributed by atoms with Crippen LogP contribution in [0.5, 0.6) is 0 Å². The Labute approximate surface area is 107 Å². The van der Waals surface area contributed by atoms with Crippen molar-refractivity contribution >= 4 is 23.2 Å². The highest BCUT2D eigenvalue weighted by Crippen LogP contribution is 2.38. The fourth-order valence-corrected chi connectivity index (χ4v) is 2.34. The molecule has 1 unspecified atom stereocenters. The van der Waals surface area contributed by atoms with Gasteiger partial charge >= 0.3 is 0 Å². The molecule has 0 saturated heterocycles. The maximum Gasteiger partial charge on any atom is 0.232 e. The molecule has 0 fully saturated rings. The van der Waals surface area contributed by atoms with Crippen LogP contribution in [0.15, 0.2) is 18.2 Å². The maximum atomic E-state index is 11.9. The summed E-state index contributed by atoms with van der Waals surface area (Å²) in [6.07, 6.45) is 1.90. The van der Waals surface area contributed by atoms with Gasteiger partial charge in [-0.25, -0.2) is 0 Å². The highest BCUT2D eigenvalue weighted by atomic mass is 35.5. The van der Waals surface area contributed by atoms with Crippen molar-refractivity contribution < 1.29 is 4.79 Å². The normalized spacial score (nSPS) is 19.1. The molecule has 1 heterocycles. The topological polar surface area (TPSA) is 29.1 Å². The summed E-state index contributed by atoms with van der Waals surface area (Å²) in [5, 5.41) is 3.61. The van der Waals surface area contributed by atoms with Crippen molar-refractivity contribution in [3.05, 3.63) is 28.8 Å². The van der Waals surface area contributed by atoms with Crippen molar-refractivity contribution in [1.29, 1.82) is 0 Å². The van der Waals surface area contributed by atoms with E-state index < -0.39 is 0 Å². The lowest BCUT2D eigenvalue weighted by molar-refractivity contribution is -0.117. The fourth-order valence-electron chi connectivity index (χ4n) is 2.16. The van der Waals surface area contributed by atoms with Crippen molar-refractivity contribution in [3.8, 4) is 0 Å². The van der Waals surface area contributed by atoms with Crippen LogP contribution in [0.4, 0.5) is 5.69 Å². The van der Waals surface area contributed by atoms with E-state index in [0.29, 0.717) is 5.02 Å². The van der Waals surface area contributed by atoms with Crippen molar-refractivity contribution in [1.82, 2.24) is 0 Å². The first kappa shape index (κ1) is 12.4. The number of amides is 1. The second-order valence-electron chi connectivity index (χ2n) is 5.87. The monoisotopic (exact) mass is 251 g/mol. The molecule has 1 N–H and O–H groups in total. The van der Waals surface area contributed by atoms with Crippen LogP contribution < -0.4 is 5.32 Å². The molecule has 1 atom stereocenters. The number of hydrogen-bond donors (Lipinski definition) is 1. The molecule has 0 radical (unpaired) electrons. The van der Waals surface area contributed by atoms with E-state index in [2.05, 4.69) is 26.1 Å². The summed E-state index contributed by atoms with van der Waals surface area (Å²) in [7, 11) is 0. The second-order valence-corrected chi connectivity index (χ2v) is 6.31. The Bertz CT molecular complexity index is 448. The molecule has 0 aromatic heterocycles.